The summed E-state index contributed by atoms with van der Waals surface area (Å²) in [6, 6.07) is 21.1. The van der Waals surface area contributed by atoms with Crippen LogP contribution in [0.2, 0.25) is 0 Å². The molecule has 0 heterocycles. The average Bonchev–Trinajstić information content (AvgIpc) is 2.41. The molecule has 17 heavy (non-hydrogen) atoms. The van der Waals surface area contributed by atoms with Gasteiger partial charge in [-0.15, -0.1) is 11.8 Å². The van der Waals surface area contributed by atoms with Crippen molar-refractivity contribution < 1.29 is 0 Å². The fourth-order valence-corrected chi connectivity index (χ4v) is 2.34. The zero-order valence-electron chi connectivity index (χ0n) is 9.75. The van der Waals surface area contributed by atoms with Gasteiger partial charge in [0.1, 0.15) is 0 Å². The molecule has 2 aromatic rings. The van der Waals surface area contributed by atoms with Gasteiger partial charge in [0.2, 0.25) is 0 Å². The van der Waals surface area contributed by atoms with Crippen LogP contribution in [0.25, 0.3) is 0 Å². The minimum atomic E-state index is 1.02. The molecule has 0 nitrogen and oxygen atoms in total. The lowest BCUT2D eigenvalue weighted by Crippen LogP contribution is -1.79. The Balaban J connectivity index is 1.72. The van der Waals surface area contributed by atoms with Crippen molar-refractivity contribution in [1.29, 1.82) is 0 Å². The highest BCUT2D eigenvalue weighted by Gasteiger charge is 1.89. The molecular weight excluding hydrogens is 224 g/mol. The third-order valence-electron chi connectivity index (χ3n) is 2.45. The molecule has 0 aromatic heterocycles. The van der Waals surface area contributed by atoms with Crippen LogP contribution in [-0.2, 0) is 6.42 Å². The van der Waals surface area contributed by atoms with E-state index in [2.05, 4.69) is 72.8 Å². The molecule has 86 valence electrons. The molecule has 0 saturated heterocycles. The molecule has 0 aliphatic heterocycles. The van der Waals surface area contributed by atoms with E-state index in [1.54, 1.807) is 0 Å². The molecule has 0 unspecified atom stereocenters. The predicted octanol–water partition coefficient (Wildman–Crippen LogP) is 4.58. The van der Waals surface area contributed by atoms with Gasteiger partial charge in [0.05, 0.1) is 0 Å². The van der Waals surface area contributed by atoms with Crippen molar-refractivity contribution in [3.05, 3.63) is 78.4 Å². The van der Waals surface area contributed by atoms with E-state index >= 15 is 0 Å². The second-order valence-corrected chi connectivity index (χ2v) is 4.88. The number of allylic oxidation sites excluding steroid dienone is 1. The molecular formula is C16H16S. The van der Waals surface area contributed by atoms with Crippen LogP contribution in [0, 0.1) is 0 Å². The average molecular weight is 240 g/mol. The van der Waals surface area contributed by atoms with Gasteiger partial charge in [0, 0.05) is 10.6 Å². The summed E-state index contributed by atoms with van der Waals surface area (Å²) in [7, 11) is 0. The molecule has 0 fully saturated rings. The van der Waals surface area contributed by atoms with Gasteiger partial charge in [-0.05, 0) is 24.1 Å². The normalized spacial score (nSPS) is 10.8. The van der Waals surface area contributed by atoms with E-state index in [1.807, 2.05) is 11.8 Å². The van der Waals surface area contributed by atoms with Crippen LogP contribution in [0.4, 0.5) is 0 Å². The molecule has 2 rings (SSSR count). The Morgan fingerprint density at radius 3 is 2.12 bits per heavy atom. The Hall–Kier alpha value is -1.47. The second-order valence-electron chi connectivity index (χ2n) is 3.79. The maximum atomic E-state index is 2.24. The van der Waals surface area contributed by atoms with Crippen LogP contribution < -0.4 is 0 Å². The lowest BCUT2D eigenvalue weighted by molar-refractivity contribution is 1.26. The van der Waals surface area contributed by atoms with Crippen molar-refractivity contribution in [3.63, 3.8) is 0 Å². The van der Waals surface area contributed by atoms with Crippen molar-refractivity contribution in [2.24, 2.45) is 0 Å². The first-order valence-electron chi connectivity index (χ1n) is 5.82. The van der Waals surface area contributed by atoms with E-state index in [0.717, 1.165) is 12.2 Å². The Morgan fingerprint density at radius 2 is 1.41 bits per heavy atom. The number of hydrogen-bond acceptors (Lipinski definition) is 1. The molecule has 0 spiro atoms. The summed E-state index contributed by atoms with van der Waals surface area (Å²) < 4.78 is 0. The molecule has 0 N–H and O–H groups in total. The van der Waals surface area contributed by atoms with Gasteiger partial charge < -0.3 is 0 Å². The SMILES string of the molecule is C(=C\Cc1ccccc1)/CSc1ccccc1. The summed E-state index contributed by atoms with van der Waals surface area (Å²) in [6.45, 7) is 0. The van der Waals surface area contributed by atoms with Gasteiger partial charge in [-0.25, -0.2) is 0 Å². The first-order chi connectivity index (χ1) is 8.45. The molecule has 0 amide bonds. The smallest absolute Gasteiger partial charge is 0.0161 e. The first kappa shape index (κ1) is 12.0. The first-order valence-corrected chi connectivity index (χ1v) is 6.80. The van der Waals surface area contributed by atoms with Crippen molar-refractivity contribution >= 4 is 11.8 Å². The van der Waals surface area contributed by atoms with Crippen molar-refractivity contribution in [2.45, 2.75) is 11.3 Å². The zero-order valence-corrected chi connectivity index (χ0v) is 10.6. The highest BCUT2D eigenvalue weighted by molar-refractivity contribution is 7.99. The van der Waals surface area contributed by atoms with Crippen LogP contribution in [0.15, 0.2) is 77.7 Å². The van der Waals surface area contributed by atoms with E-state index in [4.69, 9.17) is 0 Å². The fraction of sp³-hybridized carbons (Fsp3) is 0.125. The summed E-state index contributed by atoms with van der Waals surface area (Å²) in [5.41, 5.74) is 1.37. The molecule has 1 heteroatoms. The third-order valence-corrected chi connectivity index (χ3v) is 3.42. The number of thioether (sulfide) groups is 1. The molecule has 0 aliphatic rings. The Kier molecular flexibility index (Phi) is 4.92. The fourth-order valence-electron chi connectivity index (χ4n) is 1.56. The summed E-state index contributed by atoms with van der Waals surface area (Å²) >= 11 is 1.87. The van der Waals surface area contributed by atoms with Gasteiger partial charge in [0.25, 0.3) is 0 Å². The van der Waals surface area contributed by atoms with Gasteiger partial charge in [-0.2, -0.15) is 0 Å². The maximum absolute atomic E-state index is 2.24. The largest absolute Gasteiger partial charge is 0.122 e. The van der Waals surface area contributed by atoms with E-state index in [9.17, 15) is 0 Å². The van der Waals surface area contributed by atoms with Crippen LogP contribution in [0.3, 0.4) is 0 Å². The van der Waals surface area contributed by atoms with Gasteiger partial charge in [0.15, 0.2) is 0 Å². The van der Waals surface area contributed by atoms with E-state index in [-0.39, 0.29) is 0 Å². The van der Waals surface area contributed by atoms with Crippen molar-refractivity contribution in [3.8, 4) is 0 Å². The van der Waals surface area contributed by atoms with Crippen LogP contribution in [-0.4, -0.2) is 5.75 Å². The maximum Gasteiger partial charge on any atom is 0.0161 e. The minimum Gasteiger partial charge on any atom is -0.122 e. The zero-order chi connectivity index (χ0) is 11.8. The van der Waals surface area contributed by atoms with E-state index < -0.39 is 0 Å². The summed E-state index contributed by atoms with van der Waals surface area (Å²) in [6.07, 6.45) is 5.51. The number of benzene rings is 2. The second kappa shape index (κ2) is 6.97. The van der Waals surface area contributed by atoms with Gasteiger partial charge in [-0.3, -0.25) is 0 Å². The monoisotopic (exact) mass is 240 g/mol. The third kappa shape index (κ3) is 4.49. The van der Waals surface area contributed by atoms with Gasteiger partial charge in [-0.1, -0.05) is 60.7 Å². The van der Waals surface area contributed by atoms with Crippen LogP contribution in [0.5, 0.6) is 0 Å². The molecule has 0 radical (unpaired) electrons. The molecule has 0 aliphatic carbocycles. The van der Waals surface area contributed by atoms with E-state index in [1.165, 1.54) is 10.5 Å². The summed E-state index contributed by atoms with van der Waals surface area (Å²) in [5, 5.41) is 0. The molecule has 0 saturated carbocycles. The predicted molar refractivity (Wildman–Crippen MR) is 76.5 cm³/mol. The summed E-state index contributed by atoms with van der Waals surface area (Å²) in [4.78, 5) is 1.33. The quantitative estimate of drug-likeness (QED) is 0.544. The Morgan fingerprint density at radius 1 is 0.765 bits per heavy atom. The van der Waals surface area contributed by atoms with Gasteiger partial charge >= 0.3 is 0 Å². The highest BCUT2D eigenvalue weighted by atomic mass is 32.2. The number of hydrogen-bond donors (Lipinski definition) is 0. The van der Waals surface area contributed by atoms with Crippen molar-refractivity contribution in [1.82, 2.24) is 0 Å². The molecule has 2 aromatic carbocycles. The molecule has 0 atom stereocenters. The van der Waals surface area contributed by atoms with E-state index in [0.29, 0.717) is 0 Å². The Labute approximate surface area is 107 Å². The number of rotatable bonds is 5. The summed E-state index contributed by atoms with van der Waals surface area (Å²) in [5.74, 6) is 1.04. The molecule has 0 bridgehead atoms. The van der Waals surface area contributed by atoms with Crippen LogP contribution >= 0.6 is 11.8 Å². The Bertz CT molecular complexity index is 445. The highest BCUT2D eigenvalue weighted by Crippen LogP contribution is 2.16. The lowest BCUT2D eigenvalue weighted by Gasteiger charge is -1.97. The van der Waals surface area contributed by atoms with Crippen LogP contribution in [0.1, 0.15) is 5.56 Å². The van der Waals surface area contributed by atoms with Crippen molar-refractivity contribution in [2.75, 3.05) is 5.75 Å². The topological polar surface area (TPSA) is 0 Å². The minimum absolute atomic E-state index is 1.02. The standard InChI is InChI=1S/C16H16S/c1-3-9-15(10-4-1)11-7-8-14-17-16-12-5-2-6-13-16/h1-10,12-13H,11,14H2/b8-7+. The lowest BCUT2D eigenvalue weighted by atomic mass is 10.1.